The third-order valence-corrected chi connectivity index (χ3v) is 5.40. The van der Waals surface area contributed by atoms with E-state index in [1.807, 2.05) is 30.7 Å². The van der Waals surface area contributed by atoms with Gasteiger partial charge in [0.05, 0.1) is 11.3 Å². The predicted molar refractivity (Wildman–Crippen MR) is 137 cm³/mol. The van der Waals surface area contributed by atoms with Gasteiger partial charge >= 0.3 is 5.97 Å². The average Bonchev–Trinajstić information content (AvgIpc) is 3.21. The lowest BCUT2D eigenvalue weighted by atomic mass is 9.86. The van der Waals surface area contributed by atoms with Crippen LogP contribution in [-0.4, -0.2) is 35.8 Å². The molecule has 6 nitrogen and oxygen atoms in total. The number of carbonyl (C=O) groups excluding carboxylic acids is 1. The van der Waals surface area contributed by atoms with E-state index in [-0.39, 0.29) is 12.2 Å². The SMILES string of the molecule is CCn1nc(C)cc1/C(OCOC(=O)c1ccccc1)=C(\C=N/C)c1ccc(C(C)(C)C)cc1. The minimum atomic E-state index is -0.444. The van der Waals surface area contributed by atoms with Gasteiger partial charge in [-0.05, 0) is 48.6 Å². The Morgan fingerprint density at radius 2 is 1.71 bits per heavy atom. The number of ether oxygens (including phenoxy) is 2. The molecule has 0 aliphatic carbocycles. The lowest BCUT2D eigenvalue weighted by Gasteiger charge is -2.20. The maximum atomic E-state index is 12.4. The van der Waals surface area contributed by atoms with Gasteiger partial charge in [-0.25, -0.2) is 4.79 Å². The highest BCUT2D eigenvalue weighted by molar-refractivity contribution is 6.18. The van der Waals surface area contributed by atoms with E-state index in [1.165, 1.54) is 5.56 Å². The van der Waals surface area contributed by atoms with E-state index in [1.54, 1.807) is 37.5 Å². The van der Waals surface area contributed by atoms with E-state index in [4.69, 9.17) is 9.47 Å². The smallest absolute Gasteiger partial charge is 0.340 e. The van der Waals surface area contributed by atoms with Crippen LogP contribution in [0.4, 0.5) is 0 Å². The molecular formula is C28H33N3O3. The van der Waals surface area contributed by atoms with Gasteiger partial charge in [0.2, 0.25) is 6.79 Å². The van der Waals surface area contributed by atoms with E-state index >= 15 is 0 Å². The Balaban J connectivity index is 2.01. The van der Waals surface area contributed by atoms with Crippen LogP contribution in [0.5, 0.6) is 0 Å². The maximum Gasteiger partial charge on any atom is 0.340 e. The number of hydrogen-bond donors (Lipinski definition) is 0. The molecule has 178 valence electrons. The molecule has 0 atom stereocenters. The van der Waals surface area contributed by atoms with Gasteiger partial charge in [-0.15, -0.1) is 0 Å². The quantitative estimate of drug-likeness (QED) is 0.182. The van der Waals surface area contributed by atoms with Crippen LogP contribution in [0.15, 0.2) is 65.7 Å². The van der Waals surface area contributed by atoms with Crippen molar-refractivity contribution in [3.8, 4) is 0 Å². The Morgan fingerprint density at radius 1 is 1.03 bits per heavy atom. The summed E-state index contributed by atoms with van der Waals surface area (Å²) in [5.74, 6) is 0.109. The van der Waals surface area contributed by atoms with E-state index in [9.17, 15) is 4.79 Å². The topological polar surface area (TPSA) is 65.7 Å². The summed E-state index contributed by atoms with van der Waals surface area (Å²) in [6.07, 6.45) is 1.77. The highest BCUT2D eigenvalue weighted by Crippen LogP contribution is 2.30. The molecule has 6 heteroatoms. The largest absolute Gasteiger partial charge is 0.454 e. The second kappa shape index (κ2) is 11.0. The standard InChI is InChI=1S/C28H33N3O3/c1-7-31-25(17-20(2)30-31)26(33-19-34-27(32)22-11-9-8-10-12-22)24(18-29-6)21-13-15-23(16-14-21)28(3,4)5/h8-18H,7,19H2,1-6H3/b26-24-,29-18-. The van der Waals surface area contributed by atoms with Crippen molar-refractivity contribution in [2.75, 3.05) is 13.8 Å². The normalized spacial score (nSPS) is 12.5. The predicted octanol–water partition coefficient (Wildman–Crippen LogP) is 5.91. The van der Waals surface area contributed by atoms with Crippen molar-refractivity contribution < 1.29 is 14.3 Å². The zero-order valence-corrected chi connectivity index (χ0v) is 20.8. The number of benzene rings is 2. The fraction of sp³-hybridized carbons (Fsp3) is 0.321. The molecule has 0 saturated heterocycles. The molecule has 1 heterocycles. The van der Waals surface area contributed by atoms with Gasteiger partial charge in [0, 0.05) is 25.4 Å². The van der Waals surface area contributed by atoms with Crippen molar-refractivity contribution in [3.05, 3.63) is 88.7 Å². The second-order valence-corrected chi connectivity index (χ2v) is 9.00. The van der Waals surface area contributed by atoms with Crippen molar-refractivity contribution in [2.24, 2.45) is 4.99 Å². The van der Waals surface area contributed by atoms with Crippen LogP contribution >= 0.6 is 0 Å². The molecule has 34 heavy (non-hydrogen) atoms. The monoisotopic (exact) mass is 459 g/mol. The van der Waals surface area contributed by atoms with Gasteiger partial charge in [-0.3, -0.25) is 9.67 Å². The van der Waals surface area contributed by atoms with Gasteiger partial charge in [-0.2, -0.15) is 5.10 Å². The number of aliphatic imine (C=N–C) groups is 1. The highest BCUT2D eigenvalue weighted by Gasteiger charge is 2.20. The van der Waals surface area contributed by atoms with Crippen molar-refractivity contribution in [3.63, 3.8) is 0 Å². The minimum absolute atomic E-state index is 0.0458. The Bertz CT molecular complexity index is 1170. The summed E-state index contributed by atoms with van der Waals surface area (Å²) in [6.45, 7) is 10.9. The molecule has 3 rings (SSSR count). The molecule has 0 N–H and O–H groups in total. The van der Waals surface area contributed by atoms with E-state index in [0.29, 0.717) is 17.9 Å². The molecular weight excluding hydrogens is 426 g/mol. The summed E-state index contributed by atoms with van der Waals surface area (Å²) in [7, 11) is 1.72. The van der Waals surface area contributed by atoms with Crippen LogP contribution in [-0.2, 0) is 21.4 Å². The van der Waals surface area contributed by atoms with Crippen LogP contribution in [0.25, 0.3) is 11.3 Å². The summed E-state index contributed by atoms with van der Waals surface area (Å²) in [5, 5.41) is 4.57. The van der Waals surface area contributed by atoms with Gasteiger partial charge < -0.3 is 9.47 Å². The average molecular weight is 460 g/mol. The lowest BCUT2D eigenvalue weighted by molar-refractivity contribution is 0.00660. The van der Waals surface area contributed by atoms with Gasteiger partial charge in [0.25, 0.3) is 0 Å². The molecule has 0 aliphatic heterocycles. The van der Waals surface area contributed by atoms with Gasteiger partial charge in [0.1, 0.15) is 5.69 Å². The molecule has 0 fully saturated rings. The molecule has 0 unspecified atom stereocenters. The number of nitrogens with zero attached hydrogens (tertiary/aromatic N) is 3. The third kappa shape index (κ3) is 6.01. The number of aryl methyl sites for hydroxylation is 2. The highest BCUT2D eigenvalue weighted by atomic mass is 16.7. The van der Waals surface area contributed by atoms with Crippen LogP contribution in [0, 0.1) is 6.92 Å². The van der Waals surface area contributed by atoms with Gasteiger partial charge in [0.15, 0.2) is 5.76 Å². The summed E-state index contributed by atoms with van der Waals surface area (Å²) in [5.41, 5.74) is 5.15. The molecule has 0 aliphatic rings. The molecule has 0 amide bonds. The Labute approximate surface area is 201 Å². The molecule has 3 aromatic rings. The first-order chi connectivity index (χ1) is 16.2. The molecule has 0 spiro atoms. The Kier molecular flexibility index (Phi) is 8.05. The van der Waals surface area contributed by atoms with Crippen molar-refractivity contribution >= 4 is 23.5 Å². The number of allylic oxidation sites excluding steroid dienone is 1. The first kappa shape index (κ1) is 25.0. The lowest BCUT2D eigenvalue weighted by Crippen LogP contribution is -2.12. The maximum absolute atomic E-state index is 12.4. The van der Waals surface area contributed by atoms with Gasteiger partial charge in [-0.1, -0.05) is 63.2 Å². The minimum Gasteiger partial charge on any atom is -0.454 e. The van der Waals surface area contributed by atoms with Crippen LogP contribution in [0.1, 0.15) is 60.6 Å². The Morgan fingerprint density at radius 3 is 2.29 bits per heavy atom. The molecule has 0 bridgehead atoms. The molecule has 2 aromatic carbocycles. The Hall–Kier alpha value is -3.67. The van der Waals surface area contributed by atoms with Crippen LogP contribution in [0.3, 0.4) is 0 Å². The van der Waals surface area contributed by atoms with E-state index < -0.39 is 5.97 Å². The fourth-order valence-electron chi connectivity index (χ4n) is 3.60. The van der Waals surface area contributed by atoms with E-state index in [2.05, 4.69) is 55.1 Å². The number of carbonyl (C=O) groups is 1. The second-order valence-electron chi connectivity index (χ2n) is 9.00. The number of hydrogen-bond acceptors (Lipinski definition) is 5. The zero-order chi connectivity index (χ0) is 24.7. The number of rotatable bonds is 8. The fourth-order valence-corrected chi connectivity index (χ4v) is 3.60. The summed E-state index contributed by atoms with van der Waals surface area (Å²) in [6, 6.07) is 19.2. The van der Waals surface area contributed by atoms with Crippen LogP contribution in [0.2, 0.25) is 0 Å². The first-order valence-corrected chi connectivity index (χ1v) is 11.4. The molecule has 0 radical (unpaired) electrons. The number of esters is 1. The van der Waals surface area contributed by atoms with Crippen molar-refractivity contribution in [2.45, 2.75) is 46.6 Å². The van der Waals surface area contributed by atoms with Crippen molar-refractivity contribution in [1.29, 1.82) is 0 Å². The van der Waals surface area contributed by atoms with Crippen molar-refractivity contribution in [1.82, 2.24) is 9.78 Å². The molecule has 0 saturated carbocycles. The molecule has 1 aromatic heterocycles. The number of aromatic nitrogens is 2. The summed E-state index contributed by atoms with van der Waals surface area (Å²) in [4.78, 5) is 16.7. The van der Waals surface area contributed by atoms with E-state index in [0.717, 1.165) is 22.5 Å². The summed E-state index contributed by atoms with van der Waals surface area (Å²) >= 11 is 0. The zero-order valence-electron chi connectivity index (χ0n) is 20.8. The first-order valence-electron chi connectivity index (χ1n) is 11.4. The summed E-state index contributed by atoms with van der Waals surface area (Å²) < 4.78 is 13.4. The third-order valence-electron chi connectivity index (χ3n) is 5.40. The van der Waals surface area contributed by atoms with Crippen LogP contribution < -0.4 is 0 Å².